The smallest absolute Gasteiger partial charge is 0.264 e. The van der Waals surface area contributed by atoms with Crippen molar-refractivity contribution in [3.05, 3.63) is 58.5 Å². The number of carbonyl (C=O) groups is 1. The number of carbonyl (C=O) groups excluding carboxylic acids is 1. The number of aryl methyl sites for hydroxylation is 1. The van der Waals surface area contributed by atoms with E-state index in [4.69, 9.17) is 0 Å². The van der Waals surface area contributed by atoms with Gasteiger partial charge in [-0.2, -0.15) is 5.10 Å². The molecule has 0 saturated carbocycles. The summed E-state index contributed by atoms with van der Waals surface area (Å²) in [6.45, 7) is 1.83. The molecule has 0 spiro atoms. The van der Waals surface area contributed by atoms with Crippen molar-refractivity contribution in [2.24, 2.45) is 7.05 Å². The fourth-order valence-electron chi connectivity index (χ4n) is 3.03. The minimum Gasteiger partial charge on any atom is -0.337 e. The Kier molecular flexibility index (Phi) is 4.83. The zero-order valence-electron chi connectivity index (χ0n) is 14.9. The minimum absolute atomic E-state index is 0.120. The lowest BCUT2D eigenvalue weighted by molar-refractivity contribution is -0.132. The van der Waals surface area contributed by atoms with Gasteiger partial charge in [-0.05, 0) is 24.1 Å². The molecule has 1 aromatic carbocycles. The highest BCUT2D eigenvalue weighted by Crippen LogP contribution is 2.23. The molecule has 3 aromatic rings. The van der Waals surface area contributed by atoms with Crippen LogP contribution in [0.1, 0.15) is 24.9 Å². The summed E-state index contributed by atoms with van der Waals surface area (Å²) in [5.74, 6) is -0.548. The maximum absolute atomic E-state index is 13.1. The van der Waals surface area contributed by atoms with E-state index in [0.29, 0.717) is 17.5 Å². The molecule has 0 saturated heterocycles. The van der Waals surface area contributed by atoms with Crippen LogP contribution in [0, 0.1) is 5.82 Å². The van der Waals surface area contributed by atoms with E-state index in [1.165, 1.54) is 33.9 Å². The van der Waals surface area contributed by atoms with Gasteiger partial charge in [0.05, 0.1) is 12.2 Å². The number of fused-ring (bicyclic) bond motifs is 1. The third-order valence-corrected chi connectivity index (χ3v) is 4.53. The molecule has 0 aliphatic heterocycles. The Morgan fingerprint density at radius 3 is 2.65 bits per heavy atom. The average molecular weight is 357 g/mol. The summed E-state index contributed by atoms with van der Waals surface area (Å²) in [4.78, 5) is 31.0. The van der Waals surface area contributed by atoms with Gasteiger partial charge in [0.1, 0.15) is 24.1 Å². The third kappa shape index (κ3) is 3.22. The highest BCUT2D eigenvalue weighted by molar-refractivity contribution is 5.77. The van der Waals surface area contributed by atoms with Crippen molar-refractivity contribution in [1.82, 2.24) is 24.2 Å². The Bertz CT molecular complexity index is 993. The van der Waals surface area contributed by atoms with Gasteiger partial charge >= 0.3 is 0 Å². The summed E-state index contributed by atoms with van der Waals surface area (Å²) in [6.07, 6.45) is 3.47. The number of benzene rings is 1. The lowest BCUT2D eigenvalue weighted by Crippen LogP contribution is -2.36. The van der Waals surface area contributed by atoms with Crippen LogP contribution < -0.4 is 5.56 Å². The third-order valence-electron chi connectivity index (χ3n) is 4.53. The molecule has 1 atom stereocenters. The number of hydrogen-bond donors (Lipinski definition) is 0. The standard InChI is InChI=1S/C18H20FN5O2/c1-4-15(12-5-7-13(19)8-6-12)22(2)16(25)10-24-11-20-17-14(18(24)26)9-21-23(17)3/h5-9,11,15H,4,10H2,1-3H3/t15-/m1/s1. The first-order chi connectivity index (χ1) is 12.4. The molecule has 0 radical (unpaired) electrons. The molecule has 1 amide bonds. The highest BCUT2D eigenvalue weighted by Gasteiger charge is 2.21. The number of likely N-dealkylation sites (N-methyl/N-ethyl adjacent to an activating group) is 1. The van der Waals surface area contributed by atoms with E-state index in [1.54, 1.807) is 31.1 Å². The van der Waals surface area contributed by atoms with E-state index in [9.17, 15) is 14.0 Å². The molecule has 0 fully saturated rings. The van der Waals surface area contributed by atoms with Gasteiger partial charge in [-0.15, -0.1) is 0 Å². The van der Waals surface area contributed by atoms with E-state index in [1.807, 2.05) is 6.92 Å². The first-order valence-corrected chi connectivity index (χ1v) is 8.30. The van der Waals surface area contributed by atoms with Gasteiger partial charge in [-0.25, -0.2) is 9.37 Å². The number of rotatable bonds is 5. The summed E-state index contributed by atoms with van der Waals surface area (Å²) >= 11 is 0. The van der Waals surface area contributed by atoms with Gasteiger partial charge in [0.15, 0.2) is 5.65 Å². The second kappa shape index (κ2) is 7.07. The van der Waals surface area contributed by atoms with Gasteiger partial charge in [0, 0.05) is 14.1 Å². The molecule has 2 aromatic heterocycles. The second-order valence-corrected chi connectivity index (χ2v) is 6.16. The molecule has 2 heterocycles. The fraction of sp³-hybridized carbons (Fsp3) is 0.333. The summed E-state index contributed by atoms with van der Waals surface area (Å²) in [7, 11) is 3.38. The molecule has 136 valence electrons. The largest absolute Gasteiger partial charge is 0.337 e. The molecule has 3 rings (SSSR count). The molecular weight excluding hydrogens is 337 g/mol. The topological polar surface area (TPSA) is 73.0 Å². The predicted octanol–water partition coefficient (Wildman–Crippen LogP) is 1.88. The SMILES string of the molecule is CC[C@H](c1ccc(F)cc1)N(C)C(=O)Cn1cnc2c(cnn2C)c1=O. The van der Waals surface area contributed by atoms with Gasteiger partial charge in [0.2, 0.25) is 5.91 Å². The maximum atomic E-state index is 13.1. The van der Waals surface area contributed by atoms with Gasteiger partial charge in [0.25, 0.3) is 5.56 Å². The van der Waals surface area contributed by atoms with Crippen LogP contribution in [0.5, 0.6) is 0 Å². The van der Waals surface area contributed by atoms with Crippen molar-refractivity contribution in [3.8, 4) is 0 Å². The maximum Gasteiger partial charge on any atom is 0.264 e. The molecule has 0 aliphatic carbocycles. The molecule has 0 bridgehead atoms. The monoisotopic (exact) mass is 357 g/mol. The van der Waals surface area contributed by atoms with Crippen molar-refractivity contribution in [2.45, 2.75) is 25.9 Å². The molecule has 0 N–H and O–H groups in total. The van der Waals surface area contributed by atoms with Crippen molar-refractivity contribution in [2.75, 3.05) is 7.05 Å². The van der Waals surface area contributed by atoms with E-state index >= 15 is 0 Å². The van der Waals surface area contributed by atoms with E-state index in [-0.39, 0.29) is 29.9 Å². The van der Waals surface area contributed by atoms with Gasteiger partial charge < -0.3 is 4.90 Å². The van der Waals surface area contributed by atoms with Crippen LogP contribution in [0.4, 0.5) is 4.39 Å². The first-order valence-electron chi connectivity index (χ1n) is 8.30. The molecular formula is C18H20FN5O2. The molecule has 7 nitrogen and oxygen atoms in total. The number of hydrogen-bond acceptors (Lipinski definition) is 4. The van der Waals surface area contributed by atoms with Crippen molar-refractivity contribution >= 4 is 16.9 Å². The van der Waals surface area contributed by atoms with E-state index < -0.39 is 0 Å². The Hall–Kier alpha value is -3.03. The molecule has 0 aliphatic rings. The zero-order valence-corrected chi connectivity index (χ0v) is 14.9. The minimum atomic E-state index is -0.319. The fourth-order valence-corrected chi connectivity index (χ4v) is 3.03. The van der Waals surface area contributed by atoms with Crippen molar-refractivity contribution in [3.63, 3.8) is 0 Å². The summed E-state index contributed by atoms with van der Waals surface area (Å²) in [5, 5.41) is 4.39. The lowest BCUT2D eigenvalue weighted by Gasteiger charge is -2.28. The van der Waals surface area contributed by atoms with Crippen molar-refractivity contribution in [1.29, 1.82) is 0 Å². The number of amides is 1. The highest BCUT2D eigenvalue weighted by atomic mass is 19.1. The van der Waals surface area contributed by atoms with Crippen LogP contribution in [0.2, 0.25) is 0 Å². The molecule has 26 heavy (non-hydrogen) atoms. The predicted molar refractivity (Wildman–Crippen MR) is 95.0 cm³/mol. The van der Waals surface area contributed by atoms with Crippen LogP contribution in [0.3, 0.4) is 0 Å². The van der Waals surface area contributed by atoms with Crippen LogP contribution in [-0.4, -0.2) is 37.2 Å². The van der Waals surface area contributed by atoms with Crippen LogP contribution in [0.25, 0.3) is 11.0 Å². The number of nitrogens with zero attached hydrogens (tertiary/aromatic N) is 5. The quantitative estimate of drug-likeness (QED) is 0.699. The average Bonchev–Trinajstić information content (AvgIpc) is 3.01. The Balaban J connectivity index is 1.83. The van der Waals surface area contributed by atoms with Crippen molar-refractivity contribution < 1.29 is 9.18 Å². The van der Waals surface area contributed by atoms with Crippen LogP contribution in [-0.2, 0) is 18.4 Å². The van der Waals surface area contributed by atoms with E-state index in [0.717, 1.165) is 5.56 Å². The molecule has 0 unspecified atom stereocenters. The Morgan fingerprint density at radius 2 is 2.00 bits per heavy atom. The molecule has 8 heteroatoms. The summed E-state index contributed by atoms with van der Waals surface area (Å²) < 4.78 is 15.9. The Morgan fingerprint density at radius 1 is 1.31 bits per heavy atom. The van der Waals surface area contributed by atoms with Crippen LogP contribution >= 0.6 is 0 Å². The number of aromatic nitrogens is 4. The number of halogens is 1. The second-order valence-electron chi connectivity index (χ2n) is 6.16. The lowest BCUT2D eigenvalue weighted by atomic mass is 10.0. The summed E-state index contributed by atoms with van der Waals surface area (Å²) in [6, 6.07) is 5.89. The van der Waals surface area contributed by atoms with E-state index in [2.05, 4.69) is 10.1 Å². The normalized spacial score (nSPS) is 12.3. The zero-order chi connectivity index (χ0) is 18.8. The van der Waals surface area contributed by atoms with Crippen LogP contribution in [0.15, 0.2) is 41.6 Å². The van der Waals surface area contributed by atoms with Gasteiger partial charge in [-0.3, -0.25) is 18.8 Å². The Labute approximate surface area is 149 Å². The van der Waals surface area contributed by atoms with Gasteiger partial charge in [-0.1, -0.05) is 19.1 Å². The summed E-state index contributed by atoms with van der Waals surface area (Å²) in [5.41, 5.74) is 1.02. The first kappa shape index (κ1) is 17.8.